The Kier molecular flexibility index (Phi) is 5.74. The maximum Gasteiger partial charge on any atom is 0.240 e. The van der Waals surface area contributed by atoms with Crippen molar-refractivity contribution >= 4 is 10.0 Å². The summed E-state index contributed by atoms with van der Waals surface area (Å²) >= 11 is 0. The number of rotatable bonds is 6. The normalized spacial score (nSPS) is 12.7. The molecule has 0 aliphatic carbocycles. The number of hydrogen-bond acceptors (Lipinski definition) is 3. The van der Waals surface area contributed by atoms with Crippen LogP contribution in [-0.2, 0) is 16.6 Å². The Hall–Kier alpha value is -0.910. The van der Waals surface area contributed by atoms with Crippen LogP contribution in [0.1, 0.15) is 38.8 Å². The molecular formula is C15H26N2O2S. The van der Waals surface area contributed by atoms with Crippen molar-refractivity contribution in [2.45, 2.75) is 46.1 Å². The van der Waals surface area contributed by atoms with Crippen LogP contribution >= 0.6 is 0 Å². The summed E-state index contributed by atoms with van der Waals surface area (Å²) in [6.45, 7) is 11.9. The van der Waals surface area contributed by atoms with E-state index in [1.54, 1.807) is 12.1 Å². The SMILES string of the molecule is CCNCc1cccc(S(=O)(=O)NCC(C)(C)C)c1C. The van der Waals surface area contributed by atoms with Crippen molar-refractivity contribution in [3.8, 4) is 0 Å². The van der Waals surface area contributed by atoms with E-state index < -0.39 is 10.0 Å². The van der Waals surface area contributed by atoms with Crippen LogP contribution in [0.5, 0.6) is 0 Å². The first-order chi connectivity index (χ1) is 9.17. The maximum absolute atomic E-state index is 12.4. The molecule has 1 rings (SSSR count). The monoisotopic (exact) mass is 298 g/mol. The summed E-state index contributed by atoms with van der Waals surface area (Å²) in [6, 6.07) is 5.42. The highest BCUT2D eigenvalue weighted by Crippen LogP contribution is 2.20. The Morgan fingerprint density at radius 3 is 2.40 bits per heavy atom. The summed E-state index contributed by atoms with van der Waals surface area (Å²) in [7, 11) is -3.45. The minimum atomic E-state index is -3.45. The van der Waals surface area contributed by atoms with E-state index >= 15 is 0 Å². The number of hydrogen-bond donors (Lipinski definition) is 2. The summed E-state index contributed by atoms with van der Waals surface area (Å²) in [5.74, 6) is 0. The Balaban J connectivity index is 3.00. The minimum Gasteiger partial charge on any atom is -0.313 e. The predicted octanol–water partition coefficient (Wildman–Crippen LogP) is 2.43. The second-order valence-electron chi connectivity index (χ2n) is 6.21. The standard InChI is InChI=1S/C15H26N2O2S/c1-6-16-10-13-8-7-9-14(12(13)2)20(18,19)17-11-15(3,4)5/h7-9,16-17H,6,10-11H2,1-5H3. The van der Waals surface area contributed by atoms with Crippen molar-refractivity contribution in [3.05, 3.63) is 29.3 Å². The molecule has 0 radical (unpaired) electrons. The molecular weight excluding hydrogens is 272 g/mol. The van der Waals surface area contributed by atoms with Gasteiger partial charge in [-0.2, -0.15) is 0 Å². The summed E-state index contributed by atoms with van der Waals surface area (Å²) in [6.07, 6.45) is 0. The fourth-order valence-corrected chi connectivity index (χ4v) is 3.36. The van der Waals surface area contributed by atoms with E-state index in [1.165, 1.54) is 0 Å². The Bertz CT molecular complexity index is 545. The van der Waals surface area contributed by atoms with E-state index in [2.05, 4.69) is 10.0 Å². The molecule has 0 atom stereocenters. The Labute approximate surface area is 123 Å². The lowest BCUT2D eigenvalue weighted by molar-refractivity contribution is 0.407. The van der Waals surface area contributed by atoms with Crippen LogP contribution in [0.4, 0.5) is 0 Å². The number of nitrogens with one attached hydrogen (secondary N) is 2. The van der Waals surface area contributed by atoms with Crippen LogP contribution in [0.15, 0.2) is 23.1 Å². The van der Waals surface area contributed by atoms with Gasteiger partial charge in [-0.25, -0.2) is 13.1 Å². The molecule has 0 fully saturated rings. The summed E-state index contributed by atoms with van der Waals surface area (Å²) in [5.41, 5.74) is 1.75. The second kappa shape index (κ2) is 6.70. The van der Waals surface area contributed by atoms with E-state index in [-0.39, 0.29) is 5.41 Å². The lowest BCUT2D eigenvalue weighted by Crippen LogP contribution is -2.32. The third-order valence-electron chi connectivity index (χ3n) is 3.04. The van der Waals surface area contributed by atoms with Gasteiger partial charge in [-0.05, 0) is 36.1 Å². The van der Waals surface area contributed by atoms with Gasteiger partial charge in [0.15, 0.2) is 0 Å². The van der Waals surface area contributed by atoms with E-state index in [9.17, 15) is 8.42 Å². The van der Waals surface area contributed by atoms with Gasteiger partial charge in [-0.3, -0.25) is 0 Å². The maximum atomic E-state index is 12.4. The van der Waals surface area contributed by atoms with Gasteiger partial charge in [-0.1, -0.05) is 39.8 Å². The Morgan fingerprint density at radius 1 is 1.20 bits per heavy atom. The molecule has 114 valence electrons. The zero-order valence-electron chi connectivity index (χ0n) is 13.1. The third kappa shape index (κ3) is 4.89. The number of sulfonamides is 1. The molecule has 1 aromatic carbocycles. The largest absolute Gasteiger partial charge is 0.313 e. The van der Waals surface area contributed by atoms with Crippen LogP contribution in [0, 0.1) is 12.3 Å². The summed E-state index contributed by atoms with van der Waals surface area (Å²) in [4.78, 5) is 0.372. The van der Waals surface area contributed by atoms with E-state index in [4.69, 9.17) is 0 Å². The first kappa shape index (κ1) is 17.1. The number of benzene rings is 1. The van der Waals surface area contributed by atoms with Crippen LogP contribution in [0.2, 0.25) is 0 Å². The molecule has 5 heteroatoms. The molecule has 4 nitrogen and oxygen atoms in total. The average Bonchev–Trinajstić information content (AvgIpc) is 2.34. The molecule has 0 saturated carbocycles. The van der Waals surface area contributed by atoms with Gasteiger partial charge in [0, 0.05) is 13.1 Å². The Morgan fingerprint density at radius 2 is 1.85 bits per heavy atom. The highest BCUT2D eigenvalue weighted by Gasteiger charge is 2.21. The van der Waals surface area contributed by atoms with E-state index in [0.29, 0.717) is 18.0 Å². The first-order valence-electron chi connectivity index (χ1n) is 6.96. The molecule has 0 heterocycles. The molecule has 0 spiro atoms. The molecule has 0 aliphatic heterocycles. The fraction of sp³-hybridized carbons (Fsp3) is 0.600. The van der Waals surface area contributed by atoms with Crippen molar-refractivity contribution < 1.29 is 8.42 Å². The van der Waals surface area contributed by atoms with Crippen LogP contribution in [0.25, 0.3) is 0 Å². The van der Waals surface area contributed by atoms with Gasteiger partial charge in [-0.15, -0.1) is 0 Å². The van der Waals surface area contributed by atoms with Crippen LogP contribution < -0.4 is 10.0 Å². The minimum absolute atomic E-state index is 0.0810. The van der Waals surface area contributed by atoms with Crippen molar-refractivity contribution in [2.24, 2.45) is 5.41 Å². The topological polar surface area (TPSA) is 58.2 Å². The van der Waals surface area contributed by atoms with E-state index in [0.717, 1.165) is 17.7 Å². The van der Waals surface area contributed by atoms with Crippen molar-refractivity contribution in [1.82, 2.24) is 10.0 Å². The highest BCUT2D eigenvalue weighted by atomic mass is 32.2. The molecule has 0 aromatic heterocycles. The lowest BCUT2D eigenvalue weighted by Gasteiger charge is -2.20. The molecule has 0 saturated heterocycles. The molecule has 0 amide bonds. The molecule has 2 N–H and O–H groups in total. The second-order valence-corrected chi connectivity index (χ2v) is 7.94. The van der Waals surface area contributed by atoms with Crippen molar-refractivity contribution in [2.75, 3.05) is 13.1 Å². The van der Waals surface area contributed by atoms with Crippen molar-refractivity contribution in [3.63, 3.8) is 0 Å². The highest BCUT2D eigenvalue weighted by molar-refractivity contribution is 7.89. The van der Waals surface area contributed by atoms with Gasteiger partial charge in [0.25, 0.3) is 0 Å². The van der Waals surface area contributed by atoms with Crippen LogP contribution in [-0.4, -0.2) is 21.5 Å². The lowest BCUT2D eigenvalue weighted by atomic mass is 9.98. The molecule has 0 aliphatic rings. The van der Waals surface area contributed by atoms with Gasteiger partial charge >= 0.3 is 0 Å². The third-order valence-corrected chi connectivity index (χ3v) is 4.59. The van der Waals surface area contributed by atoms with Crippen molar-refractivity contribution in [1.29, 1.82) is 0 Å². The predicted molar refractivity (Wildman–Crippen MR) is 83.2 cm³/mol. The average molecular weight is 298 g/mol. The summed E-state index contributed by atoms with van der Waals surface area (Å²) in [5, 5.41) is 3.23. The smallest absolute Gasteiger partial charge is 0.240 e. The van der Waals surface area contributed by atoms with Gasteiger partial charge in [0.2, 0.25) is 10.0 Å². The van der Waals surface area contributed by atoms with Gasteiger partial charge in [0.05, 0.1) is 4.90 Å². The zero-order valence-corrected chi connectivity index (χ0v) is 13.9. The molecule has 0 bridgehead atoms. The molecule has 20 heavy (non-hydrogen) atoms. The summed E-state index contributed by atoms with van der Waals surface area (Å²) < 4.78 is 27.5. The zero-order chi connectivity index (χ0) is 15.4. The first-order valence-corrected chi connectivity index (χ1v) is 8.44. The van der Waals surface area contributed by atoms with Gasteiger partial charge in [0.1, 0.15) is 0 Å². The molecule has 1 aromatic rings. The quantitative estimate of drug-likeness (QED) is 0.848. The van der Waals surface area contributed by atoms with Gasteiger partial charge < -0.3 is 5.32 Å². The van der Waals surface area contributed by atoms with E-state index in [1.807, 2.05) is 40.7 Å². The fourth-order valence-electron chi connectivity index (χ4n) is 1.79. The van der Waals surface area contributed by atoms with Crippen LogP contribution in [0.3, 0.4) is 0 Å². The molecule has 0 unspecified atom stereocenters.